The van der Waals surface area contributed by atoms with E-state index in [1.54, 1.807) is 24.3 Å². The molecule has 0 aliphatic rings. The fourth-order valence-electron chi connectivity index (χ4n) is 1.98. The van der Waals surface area contributed by atoms with Gasteiger partial charge in [-0.2, -0.15) is 0 Å². The molecular weight excluding hydrogens is 355 g/mol. The van der Waals surface area contributed by atoms with Crippen molar-refractivity contribution in [3.63, 3.8) is 0 Å². The van der Waals surface area contributed by atoms with Gasteiger partial charge in [0.2, 0.25) is 0 Å². The van der Waals surface area contributed by atoms with E-state index in [9.17, 15) is 9.59 Å². The molecule has 6 nitrogen and oxygen atoms in total. The number of rotatable bonds is 4. The molecule has 8 heteroatoms. The lowest BCUT2D eigenvalue weighted by atomic mass is 10.2. The van der Waals surface area contributed by atoms with Gasteiger partial charge in [-0.15, -0.1) is 0 Å². The standard InChI is InChI=1S/C16H10Cl2N2O4/c17-10-2-3-11(18)13(6-10)20-15(21)7-23-16(22)9-1-4-12-14(5-9)24-8-19-12/h1-6,8H,7H2,(H,20,21). The van der Waals surface area contributed by atoms with Crippen LogP contribution in [-0.2, 0) is 9.53 Å². The monoisotopic (exact) mass is 364 g/mol. The normalized spacial score (nSPS) is 10.6. The number of halogens is 2. The number of fused-ring (bicyclic) bond motifs is 1. The van der Waals surface area contributed by atoms with Crippen LogP contribution in [0.25, 0.3) is 11.1 Å². The fraction of sp³-hybridized carbons (Fsp3) is 0.0625. The minimum Gasteiger partial charge on any atom is -0.452 e. The summed E-state index contributed by atoms with van der Waals surface area (Å²) >= 11 is 11.8. The third-order valence-electron chi connectivity index (χ3n) is 3.10. The van der Waals surface area contributed by atoms with Crippen molar-refractivity contribution in [3.8, 4) is 0 Å². The van der Waals surface area contributed by atoms with Gasteiger partial charge in [-0.25, -0.2) is 9.78 Å². The van der Waals surface area contributed by atoms with Crippen molar-refractivity contribution in [1.29, 1.82) is 0 Å². The van der Waals surface area contributed by atoms with E-state index in [4.69, 9.17) is 32.4 Å². The first-order valence-corrected chi connectivity index (χ1v) is 7.54. The Morgan fingerprint density at radius 3 is 2.83 bits per heavy atom. The Bertz CT molecular complexity index is 923. The van der Waals surface area contributed by atoms with Crippen molar-refractivity contribution in [3.05, 3.63) is 58.4 Å². The number of oxazole rings is 1. The summed E-state index contributed by atoms with van der Waals surface area (Å²) in [6.45, 7) is -0.462. The Hall–Kier alpha value is -2.57. The van der Waals surface area contributed by atoms with E-state index in [-0.39, 0.29) is 5.56 Å². The molecule has 1 aromatic heterocycles. The molecule has 0 aliphatic carbocycles. The van der Waals surface area contributed by atoms with Crippen LogP contribution in [0.3, 0.4) is 0 Å². The highest BCUT2D eigenvalue weighted by Crippen LogP contribution is 2.25. The topological polar surface area (TPSA) is 81.4 Å². The Morgan fingerprint density at radius 2 is 2.00 bits per heavy atom. The molecule has 0 bridgehead atoms. The van der Waals surface area contributed by atoms with E-state index in [1.807, 2.05) is 0 Å². The quantitative estimate of drug-likeness (QED) is 0.709. The van der Waals surface area contributed by atoms with Gasteiger partial charge in [-0.05, 0) is 36.4 Å². The van der Waals surface area contributed by atoms with E-state index in [1.165, 1.54) is 18.5 Å². The molecule has 0 saturated heterocycles. The SMILES string of the molecule is O=C(COC(=O)c1ccc2ncoc2c1)Nc1cc(Cl)ccc1Cl. The molecule has 3 rings (SSSR count). The third-order valence-corrected chi connectivity index (χ3v) is 3.67. The fourth-order valence-corrected chi connectivity index (χ4v) is 2.31. The van der Waals surface area contributed by atoms with Gasteiger partial charge in [0.1, 0.15) is 5.52 Å². The highest BCUT2D eigenvalue weighted by Gasteiger charge is 2.13. The summed E-state index contributed by atoms with van der Waals surface area (Å²) in [4.78, 5) is 27.8. The first-order valence-electron chi connectivity index (χ1n) is 6.78. The van der Waals surface area contributed by atoms with Crippen molar-refractivity contribution < 1.29 is 18.7 Å². The summed E-state index contributed by atoms with van der Waals surface area (Å²) < 4.78 is 10.1. The van der Waals surface area contributed by atoms with Gasteiger partial charge >= 0.3 is 5.97 Å². The molecule has 24 heavy (non-hydrogen) atoms. The van der Waals surface area contributed by atoms with Gasteiger partial charge in [-0.1, -0.05) is 23.2 Å². The zero-order valence-electron chi connectivity index (χ0n) is 12.1. The molecule has 0 unspecified atom stereocenters. The number of esters is 1. The number of hydrogen-bond donors (Lipinski definition) is 1. The summed E-state index contributed by atoms with van der Waals surface area (Å²) in [5, 5.41) is 3.27. The molecule has 3 aromatic rings. The zero-order chi connectivity index (χ0) is 17.1. The van der Waals surface area contributed by atoms with Crippen molar-refractivity contribution in [1.82, 2.24) is 4.98 Å². The van der Waals surface area contributed by atoms with Gasteiger partial charge in [0.05, 0.1) is 16.3 Å². The zero-order valence-corrected chi connectivity index (χ0v) is 13.6. The predicted molar refractivity (Wildman–Crippen MR) is 89.4 cm³/mol. The molecule has 1 amide bonds. The Balaban J connectivity index is 1.61. The van der Waals surface area contributed by atoms with E-state index in [2.05, 4.69) is 10.3 Å². The Labute approximate surface area is 146 Å². The minimum absolute atomic E-state index is 0.257. The van der Waals surface area contributed by atoms with Gasteiger partial charge < -0.3 is 14.5 Å². The van der Waals surface area contributed by atoms with E-state index < -0.39 is 18.5 Å². The van der Waals surface area contributed by atoms with Crippen LogP contribution in [0.1, 0.15) is 10.4 Å². The average molecular weight is 365 g/mol. The number of ether oxygens (including phenoxy) is 1. The molecule has 0 saturated carbocycles. The van der Waals surface area contributed by atoms with Crippen LogP contribution < -0.4 is 5.32 Å². The first kappa shape index (κ1) is 16.3. The van der Waals surface area contributed by atoms with Crippen LogP contribution in [0.15, 0.2) is 47.2 Å². The number of aromatic nitrogens is 1. The first-order chi connectivity index (χ1) is 11.5. The van der Waals surface area contributed by atoms with Gasteiger partial charge in [0.15, 0.2) is 18.6 Å². The minimum atomic E-state index is -0.652. The number of anilines is 1. The van der Waals surface area contributed by atoms with Crippen LogP contribution >= 0.6 is 23.2 Å². The summed E-state index contributed by atoms with van der Waals surface area (Å²) in [5.74, 6) is -1.19. The van der Waals surface area contributed by atoms with Crippen LogP contribution in [-0.4, -0.2) is 23.5 Å². The number of nitrogens with zero attached hydrogens (tertiary/aromatic N) is 1. The largest absolute Gasteiger partial charge is 0.452 e. The molecule has 0 fully saturated rings. The second-order valence-corrected chi connectivity index (χ2v) is 5.63. The second-order valence-electron chi connectivity index (χ2n) is 4.78. The molecule has 0 aliphatic heterocycles. The Kier molecular flexibility index (Phi) is 4.69. The van der Waals surface area contributed by atoms with Gasteiger partial charge in [0.25, 0.3) is 5.91 Å². The van der Waals surface area contributed by atoms with Crippen LogP contribution in [0.4, 0.5) is 5.69 Å². The molecule has 0 spiro atoms. The molecular formula is C16H10Cl2N2O4. The third kappa shape index (κ3) is 3.67. The lowest BCUT2D eigenvalue weighted by Crippen LogP contribution is -2.21. The smallest absolute Gasteiger partial charge is 0.338 e. The van der Waals surface area contributed by atoms with Crippen LogP contribution in [0.2, 0.25) is 10.0 Å². The predicted octanol–water partition coefficient (Wildman–Crippen LogP) is 3.93. The molecule has 1 heterocycles. The lowest BCUT2D eigenvalue weighted by Gasteiger charge is -2.08. The van der Waals surface area contributed by atoms with Crippen LogP contribution in [0.5, 0.6) is 0 Å². The number of carbonyl (C=O) groups is 2. The number of benzene rings is 2. The van der Waals surface area contributed by atoms with Gasteiger partial charge in [0, 0.05) is 5.02 Å². The highest BCUT2D eigenvalue weighted by molar-refractivity contribution is 6.35. The number of amides is 1. The van der Waals surface area contributed by atoms with Crippen molar-refractivity contribution in [2.45, 2.75) is 0 Å². The molecule has 122 valence electrons. The number of carbonyl (C=O) groups excluding carboxylic acids is 2. The summed E-state index contributed by atoms with van der Waals surface area (Å²) in [6.07, 6.45) is 1.28. The van der Waals surface area contributed by atoms with Crippen molar-refractivity contribution in [2.24, 2.45) is 0 Å². The number of nitrogens with one attached hydrogen (secondary N) is 1. The maximum absolute atomic E-state index is 12.0. The lowest BCUT2D eigenvalue weighted by molar-refractivity contribution is -0.119. The second kappa shape index (κ2) is 6.90. The molecule has 1 N–H and O–H groups in total. The summed E-state index contributed by atoms with van der Waals surface area (Å²) in [6, 6.07) is 9.31. The van der Waals surface area contributed by atoms with Crippen molar-refractivity contribution in [2.75, 3.05) is 11.9 Å². The van der Waals surface area contributed by atoms with E-state index in [0.717, 1.165) is 0 Å². The summed E-state index contributed by atoms with van der Waals surface area (Å²) in [7, 11) is 0. The summed E-state index contributed by atoms with van der Waals surface area (Å²) in [5.41, 5.74) is 1.68. The van der Waals surface area contributed by atoms with E-state index in [0.29, 0.717) is 26.8 Å². The maximum Gasteiger partial charge on any atom is 0.338 e. The molecule has 2 aromatic carbocycles. The maximum atomic E-state index is 12.0. The Morgan fingerprint density at radius 1 is 1.17 bits per heavy atom. The van der Waals surface area contributed by atoms with Crippen LogP contribution in [0, 0.1) is 0 Å². The van der Waals surface area contributed by atoms with Gasteiger partial charge in [-0.3, -0.25) is 4.79 Å². The van der Waals surface area contributed by atoms with E-state index >= 15 is 0 Å². The molecule has 0 radical (unpaired) electrons. The molecule has 0 atom stereocenters. The average Bonchev–Trinajstić information content (AvgIpc) is 3.03. The highest BCUT2D eigenvalue weighted by atomic mass is 35.5. The number of hydrogen-bond acceptors (Lipinski definition) is 5. The van der Waals surface area contributed by atoms with Crippen molar-refractivity contribution >= 4 is 51.9 Å².